The highest BCUT2D eigenvalue weighted by molar-refractivity contribution is 6.33. The van der Waals surface area contributed by atoms with Gasteiger partial charge in [-0.2, -0.15) is 5.10 Å². The van der Waals surface area contributed by atoms with Gasteiger partial charge in [0, 0.05) is 13.6 Å². The quantitative estimate of drug-likeness (QED) is 0.875. The third-order valence-corrected chi connectivity index (χ3v) is 3.88. The Kier molecular flexibility index (Phi) is 5.39. The molecule has 0 aliphatic carbocycles. The van der Waals surface area contributed by atoms with Crippen molar-refractivity contribution >= 4 is 23.3 Å². The van der Waals surface area contributed by atoms with Gasteiger partial charge in [0.15, 0.2) is 0 Å². The minimum Gasteiger partial charge on any atom is -0.481 e. The fourth-order valence-corrected chi connectivity index (χ4v) is 2.47. The molecule has 1 unspecified atom stereocenters. The van der Waals surface area contributed by atoms with Crippen molar-refractivity contribution in [2.45, 2.75) is 13.5 Å². The molecule has 0 saturated heterocycles. The highest BCUT2D eigenvalue weighted by Crippen LogP contribution is 2.20. The summed E-state index contributed by atoms with van der Waals surface area (Å²) in [5, 5.41) is 13.1. The number of halogens is 1. The van der Waals surface area contributed by atoms with E-state index in [0.717, 1.165) is 5.56 Å². The van der Waals surface area contributed by atoms with Crippen LogP contribution in [-0.2, 0) is 11.3 Å². The number of carboxylic acid groups (broad SMARTS) is 1. The molecule has 1 heterocycles. The molecule has 0 saturated carbocycles. The molecule has 0 aliphatic heterocycles. The van der Waals surface area contributed by atoms with Crippen LogP contribution in [0.25, 0.3) is 0 Å². The monoisotopic (exact) mass is 335 g/mol. The van der Waals surface area contributed by atoms with Gasteiger partial charge in [0.1, 0.15) is 5.02 Å². The lowest BCUT2D eigenvalue weighted by Crippen LogP contribution is -2.32. The van der Waals surface area contributed by atoms with E-state index in [1.165, 1.54) is 10.9 Å². The highest BCUT2D eigenvalue weighted by atomic mass is 35.5. The molecule has 0 radical (unpaired) electrons. The predicted molar refractivity (Wildman–Crippen MR) is 89.1 cm³/mol. The summed E-state index contributed by atoms with van der Waals surface area (Å²) in [5.41, 5.74) is 0.968. The van der Waals surface area contributed by atoms with Crippen LogP contribution in [-0.4, -0.2) is 34.4 Å². The summed E-state index contributed by atoms with van der Waals surface area (Å²) in [4.78, 5) is 24.9. The zero-order valence-electron chi connectivity index (χ0n) is 12.9. The molecule has 122 valence electrons. The van der Waals surface area contributed by atoms with E-state index in [-0.39, 0.29) is 11.6 Å². The predicted octanol–water partition coefficient (Wildman–Crippen LogP) is 2.10. The van der Waals surface area contributed by atoms with Gasteiger partial charge in [-0.25, -0.2) is 4.68 Å². The zero-order valence-corrected chi connectivity index (χ0v) is 13.7. The standard InChI is InChI=1S/C16H18ClN3O3/c1-11(16(22)23)9-19(2)13-8-18-20(15(21)14(13)17)10-12-6-4-3-5-7-12/h3-8,11H,9-10H2,1-2H3,(H,22,23). The summed E-state index contributed by atoms with van der Waals surface area (Å²) >= 11 is 6.16. The molecule has 7 heteroatoms. The second-order valence-corrected chi connectivity index (χ2v) is 5.79. The van der Waals surface area contributed by atoms with Crippen LogP contribution in [0.15, 0.2) is 41.3 Å². The SMILES string of the molecule is CC(CN(C)c1cnn(Cc2ccccc2)c(=O)c1Cl)C(=O)O. The molecule has 0 spiro atoms. The minimum atomic E-state index is -0.904. The van der Waals surface area contributed by atoms with Gasteiger partial charge < -0.3 is 10.0 Å². The summed E-state index contributed by atoms with van der Waals surface area (Å²) in [6, 6.07) is 9.47. The molecule has 1 atom stereocenters. The van der Waals surface area contributed by atoms with Gasteiger partial charge in [-0.3, -0.25) is 9.59 Å². The first-order chi connectivity index (χ1) is 10.9. The van der Waals surface area contributed by atoms with Crippen molar-refractivity contribution in [3.8, 4) is 0 Å². The summed E-state index contributed by atoms with van der Waals surface area (Å²) < 4.78 is 1.29. The van der Waals surface area contributed by atoms with Crippen LogP contribution in [0.4, 0.5) is 5.69 Å². The molecular weight excluding hydrogens is 318 g/mol. The van der Waals surface area contributed by atoms with E-state index in [1.54, 1.807) is 18.9 Å². The second-order valence-electron chi connectivity index (χ2n) is 5.41. The molecule has 2 rings (SSSR count). The minimum absolute atomic E-state index is 0.0380. The van der Waals surface area contributed by atoms with Crippen molar-refractivity contribution in [2.75, 3.05) is 18.5 Å². The smallest absolute Gasteiger partial charge is 0.308 e. The van der Waals surface area contributed by atoms with Crippen LogP contribution in [0.1, 0.15) is 12.5 Å². The Balaban J connectivity index is 2.23. The Bertz CT molecular complexity index is 746. The van der Waals surface area contributed by atoms with E-state index >= 15 is 0 Å². The Morgan fingerprint density at radius 2 is 2.04 bits per heavy atom. The van der Waals surface area contributed by atoms with E-state index in [9.17, 15) is 9.59 Å². The molecule has 23 heavy (non-hydrogen) atoms. The molecule has 2 aromatic rings. The number of benzene rings is 1. The fourth-order valence-electron chi connectivity index (χ4n) is 2.18. The maximum absolute atomic E-state index is 12.3. The average Bonchev–Trinajstić information content (AvgIpc) is 2.52. The molecule has 1 aromatic heterocycles. The van der Waals surface area contributed by atoms with E-state index in [4.69, 9.17) is 16.7 Å². The van der Waals surface area contributed by atoms with Crippen molar-refractivity contribution in [1.29, 1.82) is 0 Å². The zero-order chi connectivity index (χ0) is 17.0. The molecule has 0 fully saturated rings. The largest absolute Gasteiger partial charge is 0.481 e. The van der Waals surface area contributed by atoms with E-state index in [1.807, 2.05) is 30.3 Å². The molecule has 0 aliphatic rings. The summed E-state index contributed by atoms with van der Waals surface area (Å²) in [6.07, 6.45) is 1.49. The number of nitrogens with zero attached hydrogens (tertiary/aromatic N) is 3. The summed E-state index contributed by atoms with van der Waals surface area (Å²) in [7, 11) is 1.68. The van der Waals surface area contributed by atoms with Gasteiger partial charge in [0.25, 0.3) is 5.56 Å². The third-order valence-electron chi connectivity index (χ3n) is 3.52. The number of carbonyl (C=O) groups is 1. The number of hydrogen-bond donors (Lipinski definition) is 1. The first kappa shape index (κ1) is 17.0. The Morgan fingerprint density at radius 1 is 1.39 bits per heavy atom. The van der Waals surface area contributed by atoms with Crippen molar-refractivity contribution in [3.63, 3.8) is 0 Å². The Morgan fingerprint density at radius 3 is 2.65 bits per heavy atom. The van der Waals surface area contributed by atoms with Crippen LogP contribution < -0.4 is 10.5 Å². The first-order valence-corrected chi connectivity index (χ1v) is 7.51. The van der Waals surface area contributed by atoms with Gasteiger partial charge in [-0.1, -0.05) is 48.9 Å². The summed E-state index contributed by atoms with van der Waals surface area (Å²) in [6.45, 7) is 2.16. The molecule has 1 aromatic carbocycles. The average molecular weight is 336 g/mol. The molecule has 0 amide bonds. The fraction of sp³-hybridized carbons (Fsp3) is 0.312. The van der Waals surface area contributed by atoms with Crippen LogP contribution in [0.3, 0.4) is 0 Å². The van der Waals surface area contributed by atoms with Crippen molar-refractivity contribution in [2.24, 2.45) is 5.92 Å². The molecule has 6 nitrogen and oxygen atoms in total. The first-order valence-electron chi connectivity index (χ1n) is 7.13. The Labute approximate surface area is 138 Å². The lowest BCUT2D eigenvalue weighted by molar-refractivity contribution is -0.140. The maximum atomic E-state index is 12.3. The van der Waals surface area contributed by atoms with Gasteiger partial charge in [0.2, 0.25) is 0 Å². The molecular formula is C16H18ClN3O3. The highest BCUT2D eigenvalue weighted by Gasteiger charge is 2.18. The number of rotatable bonds is 6. The number of hydrogen-bond acceptors (Lipinski definition) is 4. The normalized spacial score (nSPS) is 12.0. The van der Waals surface area contributed by atoms with E-state index in [0.29, 0.717) is 12.2 Å². The topological polar surface area (TPSA) is 75.4 Å². The lowest BCUT2D eigenvalue weighted by Gasteiger charge is -2.22. The Hall–Kier alpha value is -2.34. The van der Waals surface area contributed by atoms with Crippen molar-refractivity contribution in [1.82, 2.24) is 9.78 Å². The summed E-state index contributed by atoms with van der Waals surface area (Å²) in [5.74, 6) is -1.49. The number of carboxylic acids is 1. The van der Waals surface area contributed by atoms with Crippen molar-refractivity contribution < 1.29 is 9.90 Å². The second kappa shape index (κ2) is 7.28. The number of anilines is 1. The van der Waals surface area contributed by atoms with E-state index in [2.05, 4.69) is 5.10 Å². The third kappa shape index (κ3) is 4.10. The van der Waals surface area contributed by atoms with Gasteiger partial charge in [-0.15, -0.1) is 0 Å². The van der Waals surface area contributed by atoms with Gasteiger partial charge >= 0.3 is 5.97 Å². The molecule has 1 N–H and O–H groups in total. The van der Waals surface area contributed by atoms with Crippen LogP contribution in [0.2, 0.25) is 5.02 Å². The van der Waals surface area contributed by atoms with Crippen molar-refractivity contribution in [3.05, 3.63) is 57.5 Å². The number of aromatic nitrogens is 2. The molecule has 0 bridgehead atoms. The van der Waals surface area contributed by atoms with Crippen LogP contribution in [0.5, 0.6) is 0 Å². The van der Waals surface area contributed by atoms with Crippen LogP contribution in [0, 0.1) is 5.92 Å². The lowest BCUT2D eigenvalue weighted by atomic mass is 10.1. The number of aliphatic carboxylic acids is 1. The van der Waals surface area contributed by atoms with E-state index < -0.39 is 17.4 Å². The maximum Gasteiger partial charge on any atom is 0.308 e. The van der Waals surface area contributed by atoms with Gasteiger partial charge in [-0.05, 0) is 5.56 Å². The van der Waals surface area contributed by atoms with Gasteiger partial charge in [0.05, 0.1) is 24.3 Å². The van der Waals surface area contributed by atoms with Crippen LogP contribution >= 0.6 is 11.6 Å².